The molecule has 1 aliphatic rings. The van der Waals surface area contributed by atoms with Crippen LogP contribution < -0.4 is 5.32 Å². The number of hydrogen-bond donors (Lipinski definition) is 2. The van der Waals surface area contributed by atoms with Gasteiger partial charge in [-0.1, -0.05) is 17.7 Å². The normalized spacial score (nSPS) is 18.0. The van der Waals surface area contributed by atoms with E-state index in [9.17, 15) is 4.79 Å². The second-order valence-corrected chi connectivity index (χ2v) is 6.54. The van der Waals surface area contributed by atoms with Crippen molar-refractivity contribution in [3.63, 3.8) is 0 Å². The topological polar surface area (TPSA) is 55.8 Å². The van der Waals surface area contributed by atoms with Crippen molar-refractivity contribution in [1.29, 1.82) is 0 Å². The molecule has 0 bridgehead atoms. The van der Waals surface area contributed by atoms with Gasteiger partial charge in [0, 0.05) is 38.4 Å². The van der Waals surface area contributed by atoms with E-state index in [1.54, 1.807) is 0 Å². The highest BCUT2D eigenvalue weighted by molar-refractivity contribution is 5.96. The van der Waals surface area contributed by atoms with E-state index in [2.05, 4.69) is 34.2 Å². The molecule has 128 valence electrons. The lowest BCUT2D eigenvalue weighted by atomic mass is 10.0. The van der Waals surface area contributed by atoms with Gasteiger partial charge in [0.05, 0.1) is 12.6 Å². The van der Waals surface area contributed by atoms with Gasteiger partial charge in [-0.2, -0.15) is 0 Å². The fraction of sp³-hybridized carbons (Fsp3) is 0.611. The van der Waals surface area contributed by atoms with E-state index in [0.717, 1.165) is 49.5 Å². The second-order valence-electron chi connectivity index (χ2n) is 6.54. The highest BCUT2D eigenvalue weighted by Gasteiger charge is 2.25. The molecule has 1 heterocycles. The molecule has 0 radical (unpaired) electrons. The van der Waals surface area contributed by atoms with Crippen LogP contribution >= 0.6 is 0 Å². The number of anilines is 1. The second kappa shape index (κ2) is 7.90. The van der Waals surface area contributed by atoms with Gasteiger partial charge in [-0.15, -0.1) is 0 Å². The van der Waals surface area contributed by atoms with E-state index in [0.29, 0.717) is 0 Å². The summed E-state index contributed by atoms with van der Waals surface area (Å²) in [4.78, 5) is 17.0. The first-order chi connectivity index (χ1) is 10.9. The number of nitrogens with one attached hydrogen (secondary N) is 1. The summed E-state index contributed by atoms with van der Waals surface area (Å²) in [7, 11) is 0. The summed E-state index contributed by atoms with van der Waals surface area (Å²) in [5.74, 6) is 0.0515. The fourth-order valence-electron chi connectivity index (χ4n) is 3.29. The van der Waals surface area contributed by atoms with Crippen LogP contribution in [-0.4, -0.2) is 66.2 Å². The minimum atomic E-state index is -0.147. The third kappa shape index (κ3) is 4.53. The van der Waals surface area contributed by atoms with Crippen LogP contribution in [0, 0.1) is 20.8 Å². The van der Waals surface area contributed by atoms with Gasteiger partial charge in [0.2, 0.25) is 5.91 Å². The van der Waals surface area contributed by atoms with Crippen LogP contribution in [0.3, 0.4) is 0 Å². The maximum atomic E-state index is 12.6. The third-order valence-corrected chi connectivity index (χ3v) is 4.68. The molecular formula is C18H29N3O2. The summed E-state index contributed by atoms with van der Waals surface area (Å²) in [5, 5.41) is 12.1. The van der Waals surface area contributed by atoms with Crippen molar-refractivity contribution in [2.45, 2.75) is 33.7 Å². The van der Waals surface area contributed by atoms with E-state index in [1.807, 2.05) is 20.8 Å². The number of β-amino-alcohol motifs (C(OH)–C–C–N with tert-alkyl or cyclic N) is 1. The van der Waals surface area contributed by atoms with Crippen molar-refractivity contribution < 1.29 is 9.90 Å². The highest BCUT2D eigenvalue weighted by Crippen LogP contribution is 2.22. The molecule has 1 fully saturated rings. The van der Waals surface area contributed by atoms with Gasteiger partial charge in [0.15, 0.2) is 0 Å². The van der Waals surface area contributed by atoms with Gasteiger partial charge in [0.25, 0.3) is 0 Å². The van der Waals surface area contributed by atoms with Crippen LogP contribution in [0.5, 0.6) is 0 Å². The zero-order chi connectivity index (χ0) is 17.0. The van der Waals surface area contributed by atoms with Gasteiger partial charge >= 0.3 is 0 Å². The van der Waals surface area contributed by atoms with Crippen LogP contribution in [0.2, 0.25) is 0 Å². The Kier molecular flexibility index (Phi) is 6.16. The van der Waals surface area contributed by atoms with Crippen LogP contribution in [0.1, 0.15) is 23.6 Å². The maximum Gasteiger partial charge on any atom is 0.241 e. The Balaban J connectivity index is 1.96. The average molecular weight is 319 g/mol. The van der Waals surface area contributed by atoms with Crippen LogP contribution in [0.4, 0.5) is 5.69 Å². The van der Waals surface area contributed by atoms with Crippen molar-refractivity contribution in [3.05, 3.63) is 28.8 Å². The molecule has 1 saturated heterocycles. The number of amides is 1. The Bertz CT molecular complexity index is 528. The standard InChI is InChI=1S/C18H29N3O2/c1-13-11-14(2)17(15(3)12-13)19-18(23)16(4)21-7-5-20(6-8-21)9-10-22/h11-12,16,22H,5-10H2,1-4H3,(H,19,23). The van der Waals surface area contributed by atoms with E-state index < -0.39 is 0 Å². The molecule has 23 heavy (non-hydrogen) atoms. The molecule has 1 amide bonds. The van der Waals surface area contributed by atoms with Crippen LogP contribution in [-0.2, 0) is 4.79 Å². The third-order valence-electron chi connectivity index (χ3n) is 4.68. The molecule has 0 spiro atoms. The van der Waals surface area contributed by atoms with Gasteiger partial charge in [-0.3, -0.25) is 14.6 Å². The van der Waals surface area contributed by atoms with Gasteiger partial charge in [0.1, 0.15) is 0 Å². The van der Waals surface area contributed by atoms with E-state index in [4.69, 9.17) is 5.11 Å². The quantitative estimate of drug-likeness (QED) is 0.864. The number of carbonyl (C=O) groups excluding carboxylic acids is 1. The molecule has 0 saturated carbocycles. The zero-order valence-corrected chi connectivity index (χ0v) is 14.7. The van der Waals surface area contributed by atoms with E-state index in [-0.39, 0.29) is 18.6 Å². The predicted molar refractivity (Wildman–Crippen MR) is 93.8 cm³/mol. The van der Waals surface area contributed by atoms with Crippen molar-refractivity contribution in [1.82, 2.24) is 9.80 Å². The van der Waals surface area contributed by atoms with Gasteiger partial charge < -0.3 is 10.4 Å². The predicted octanol–water partition coefficient (Wildman–Crippen LogP) is 1.55. The van der Waals surface area contributed by atoms with Crippen molar-refractivity contribution >= 4 is 11.6 Å². The number of hydrogen-bond acceptors (Lipinski definition) is 4. The lowest BCUT2D eigenvalue weighted by Crippen LogP contribution is -2.53. The summed E-state index contributed by atoms with van der Waals surface area (Å²) < 4.78 is 0. The smallest absolute Gasteiger partial charge is 0.241 e. The number of rotatable bonds is 5. The van der Waals surface area contributed by atoms with Crippen molar-refractivity contribution in [2.24, 2.45) is 0 Å². The molecule has 0 aromatic heterocycles. The van der Waals surface area contributed by atoms with E-state index in [1.165, 1.54) is 5.56 Å². The summed E-state index contributed by atoms with van der Waals surface area (Å²) >= 11 is 0. The van der Waals surface area contributed by atoms with E-state index >= 15 is 0 Å². The van der Waals surface area contributed by atoms with Crippen molar-refractivity contribution in [3.8, 4) is 0 Å². The molecule has 5 heteroatoms. The first-order valence-corrected chi connectivity index (χ1v) is 8.38. The Morgan fingerprint density at radius 2 is 1.74 bits per heavy atom. The monoisotopic (exact) mass is 319 g/mol. The molecule has 1 aromatic carbocycles. The van der Waals surface area contributed by atoms with Crippen LogP contribution in [0.15, 0.2) is 12.1 Å². The number of nitrogens with zero attached hydrogens (tertiary/aromatic N) is 2. The fourth-order valence-corrected chi connectivity index (χ4v) is 3.29. The largest absolute Gasteiger partial charge is 0.395 e. The molecular weight excluding hydrogens is 290 g/mol. The van der Waals surface area contributed by atoms with Gasteiger partial charge in [-0.25, -0.2) is 0 Å². The summed E-state index contributed by atoms with van der Waals surface area (Å²) in [6, 6.07) is 4.05. The molecule has 5 nitrogen and oxygen atoms in total. The molecule has 2 rings (SSSR count). The summed E-state index contributed by atoms with van der Waals surface area (Å²) in [6.45, 7) is 12.6. The zero-order valence-electron chi connectivity index (χ0n) is 14.7. The lowest BCUT2D eigenvalue weighted by Gasteiger charge is -2.37. The SMILES string of the molecule is Cc1cc(C)c(NC(=O)C(C)N2CCN(CCO)CC2)c(C)c1. The molecule has 1 unspecified atom stereocenters. The number of benzene rings is 1. The Morgan fingerprint density at radius 1 is 1.17 bits per heavy atom. The Hall–Kier alpha value is -1.43. The Morgan fingerprint density at radius 3 is 2.26 bits per heavy atom. The summed E-state index contributed by atoms with van der Waals surface area (Å²) in [6.07, 6.45) is 0. The number of aryl methyl sites for hydroxylation is 3. The number of piperazine rings is 1. The first-order valence-electron chi connectivity index (χ1n) is 8.38. The van der Waals surface area contributed by atoms with Crippen LogP contribution in [0.25, 0.3) is 0 Å². The lowest BCUT2D eigenvalue weighted by molar-refractivity contribution is -0.121. The minimum Gasteiger partial charge on any atom is -0.395 e. The number of aliphatic hydroxyl groups is 1. The molecule has 1 aromatic rings. The highest BCUT2D eigenvalue weighted by atomic mass is 16.3. The maximum absolute atomic E-state index is 12.6. The molecule has 1 aliphatic heterocycles. The molecule has 1 atom stereocenters. The number of carbonyl (C=O) groups is 1. The molecule has 0 aliphatic carbocycles. The number of aliphatic hydroxyl groups excluding tert-OH is 1. The van der Waals surface area contributed by atoms with Gasteiger partial charge in [-0.05, 0) is 38.8 Å². The average Bonchev–Trinajstić information content (AvgIpc) is 2.51. The Labute approximate surface area is 139 Å². The first kappa shape index (κ1) is 17.9. The van der Waals surface area contributed by atoms with Crippen molar-refractivity contribution in [2.75, 3.05) is 44.6 Å². The summed E-state index contributed by atoms with van der Waals surface area (Å²) in [5.41, 5.74) is 4.36. The molecule has 2 N–H and O–H groups in total. The minimum absolute atomic E-state index is 0.0515.